The van der Waals surface area contributed by atoms with E-state index in [4.69, 9.17) is 14.2 Å². The number of benzene rings is 4. The van der Waals surface area contributed by atoms with Gasteiger partial charge in [0.15, 0.2) is 0 Å². The molecule has 4 rings (SSSR count). The van der Waals surface area contributed by atoms with Gasteiger partial charge in [0.2, 0.25) is 0 Å². The maximum atomic E-state index is 10.2. The zero-order valence-electron chi connectivity index (χ0n) is 28.8. The van der Waals surface area contributed by atoms with Crippen molar-refractivity contribution >= 4 is 15.9 Å². The average Bonchev–Trinajstić information content (AvgIpc) is 3.11. The van der Waals surface area contributed by atoms with Gasteiger partial charge in [0.1, 0.15) is 0 Å². The quantitative estimate of drug-likeness (QED) is 0.0652. The molecule has 48 heavy (non-hydrogen) atoms. The minimum Gasteiger partial charge on any atom is -0.853 e. The van der Waals surface area contributed by atoms with Crippen molar-refractivity contribution in [3.05, 3.63) is 144 Å². The molecule has 0 heterocycles. The van der Waals surface area contributed by atoms with Crippen molar-refractivity contribution in [3.63, 3.8) is 0 Å². The fourth-order valence-electron chi connectivity index (χ4n) is 5.07. The Kier molecular flexibility index (Phi) is 26.4. The number of hydrogen-bond acceptors (Lipinski definition) is 6. The molecule has 0 aliphatic carbocycles. The molecule has 0 saturated heterocycles. The summed E-state index contributed by atoms with van der Waals surface area (Å²) in [6.07, 6.45) is 2.16. The predicted molar refractivity (Wildman–Crippen MR) is 194 cm³/mol. The molecule has 0 aliphatic heterocycles. The van der Waals surface area contributed by atoms with Crippen LogP contribution < -0.4 is 56.5 Å². The molecule has 0 atom stereocenters. The number of alkyl halides is 1. The number of rotatable bonds is 23. The van der Waals surface area contributed by atoms with E-state index in [2.05, 4.69) is 147 Å². The summed E-state index contributed by atoms with van der Waals surface area (Å²) < 4.78 is 16.1. The van der Waals surface area contributed by atoms with Crippen molar-refractivity contribution in [2.75, 3.05) is 64.7 Å². The largest absolute Gasteiger partial charge is 1.00 e. The van der Waals surface area contributed by atoms with E-state index in [1.54, 1.807) is 0 Å². The number of ether oxygens (including phenoxy) is 3. The Hall–Kier alpha value is -1.24. The molecule has 0 fully saturated rings. The number of halogens is 1. The van der Waals surface area contributed by atoms with E-state index in [-0.39, 0.29) is 64.6 Å². The third-order valence-electron chi connectivity index (χ3n) is 7.34. The fourth-order valence-corrected chi connectivity index (χ4v) is 5.32. The molecule has 4 aromatic rings. The summed E-state index contributed by atoms with van der Waals surface area (Å²) in [5.74, 6) is 0. The predicted octanol–water partition coefficient (Wildman–Crippen LogP) is 3.97. The first-order valence-electron chi connectivity index (χ1n) is 16.7. The topological polar surface area (TPSA) is 57.2 Å². The van der Waals surface area contributed by atoms with Gasteiger partial charge in [-0.05, 0) is 41.6 Å². The molecule has 0 radical (unpaired) electrons. The molecule has 0 unspecified atom stereocenters. The van der Waals surface area contributed by atoms with Crippen LogP contribution >= 0.6 is 15.9 Å². The molecule has 6 nitrogen and oxygen atoms in total. The van der Waals surface area contributed by atoms with Gasteiger partial charge >= 0.3 is 51.4 Å². The third-order valence-corrected chi connectivity index (χ3v) is 7.90. The molecule has 8 heteroatoms. The Morgan fingerprint density at radius 2 is 0.750 bits per heavy atom. The van der Waals surface area contributed by atoms with E-state index in [1.807, 2.05) is 0 Å². The fraction of sp³-hybridized carbons (Fsp3) is 0.400. The summed E-state index contributed by atoms with van der Waals surface area (Å²) >= 11 is 3.52. The van der Waals surface area contributed by atoms with Gasteiger partial charge in [0.25, 0.3) is 0 Å². The molecule has 0 N–H and O–H groups in total. The average molecular weight is 744 g/mol. The first kappa shape index (κ1) is 42.9. The molecular formula is C40H52BrKN2O4. The molecular weight excluding hydrogens is 691 g/mol. The second-order valence-electron chi connectivity index (χ2n) is 11.3. The third kappa shape index (κ3) is 21.1. The number of hydrogen-bond donors (Lipinski definition) is 0. The summed E-state index contributed by atoms with van der Waals surface area (Å²) in [5.41, 5.74) is 5.42. The molecule has 4 aromatic carbocycles. The van der Waals surface area contributed by atoms with Crippen LogP contribution in [-0.2, 0) is 40.4 Å². The first-order chi connectivity index (χ1) is 23.3. The monoisotopic (exact) mass is 742 g/mol. The van der Waals surface area contributed by atoms with E-state index in [1.165, 1.54) is 28.7 Å². The van der Waals surface area contributed by atoms with Gasteiger partial charge in [-0.2, -0.15) is 0 Å². The molecule has 0 amide bonds. The van der Waals surface area contributed by atoms with Crippen LogP contribution in [0.15, 0.2) is 121 Å². The van der Waals surface area contributed by atoms with Crippen molar-refractivity contribution in [1.29, 1.82) is 0 Å². The summed E-state index contributed by atoms with van der Waals surface area (Å²) in [7, 11) is 0. The Labute approximate surface area is 340 Å². The first-order valence-corrected chi connectivity index (χ1v) is 17.9. The van der Waals surface area contributed by atoms with Gasteiger partial charge in [0, 0.05) is 51.3 Å². The van der Waals surface area contributed by atoms with E-state index in [0.717, 1.165) is 57.6 Å². The summed E-state index contributed by atoms with van der Waals surface area (Å²) in [6, 6.07) is 42.5. The summed E-state index contributed by atoms with van der Waals surface area (Å²) in [5, 5.41) is 11.3. The van der Waals surface area contributed by atoms with Crippen LogP contribution in [0.5, 0.6) is 0 Å². The smallest absolute Gasteiger partial charge is 0.853 e. The summed E-state index contributed by atoms with van der Waals surface area (Å²) in [6.45, 7) is 8.88. The van der Waals surface area contributed by atoms with Crippen LogP contribution in [-0.4, -0.2) is 74.5 Å². The Morgan fingerprint density at radius 1 is 0.438 bits per heavy atom. The molecule has 0 spiro atoms. The molecule has 0 bridgehead atoms. The van der Waals surface area contributed by atoms with Crippen LogP contribution in [0.2, 0.25) is 0 Å². The van der Waals surface area contributed by atoms with Gasteiger partial charge < -0.3 is 19.3 Å². The van der Waals surface area contributed by atoms with Gasteiger partial charge in [-0.15, -0.1) is 6.61 Å². The van der Waals surface area contributed by atoms with E-state index < -0.39 is 0 Å². The van der Waals surface area contributed by atoms with Crippen molar-refractivity contribution in [3.8, 4) is 0 Å². The standard InChI is InChI=1S/C23H32NO4.C17H20BrN.K/c25-13-15-27-17-19-28-18-16-26-14-7-12-24(20-22-8-3-1-4-9-22)21-23-10-5-2-6-11-23;18-12-7-13-19(14-16-8-3-1-4-9-16)15-17-10-5-2-6-11-17;/h1-6,8-11H,7,12-21H2;1-6,8-11H,7,12-15H2;/q-1;;+1. The molecule has 0 saturated carbocycles. The van der Waals surface area contributed by atoms with Crippen LogP contribution in [0.4, 0.5) is 0 Å². The minimum atomic E-state index is -0.200. The van der Waals surface area contributed by atoms with Crippen LogP contribution in [0.3, 0.4) is 0 Å². The minimum absolute atomic E-state index is 0. The second-order valence-corrected chi connectivity index (χ2v) is 12.1. The second kappa shape index (κ2) is 29.5. The molecule has 254 valence electrons. The Balaban J connectivity index is 0.000000349. The normalized spacial score (nSPS) is 10.8. The van der Waals surface area contributed by atoms with E-state index in [0.29, 0.717) is 26.4 Å². The summed E-state index contributed by atoms with van der Waals surface area (Å²) in [4.78, 5) is 4.96. The SMILES string of the molecule is BrCCCN(Cc1ccccc1)Cc1ccccc1.[K+].[O-]CCOCCOCCOCCCN(Cc1ccccc1)Cc1ccccc1. The van der Waals surface area contributed by atoms with Gasteiger partial charge in [-0.1, -0.05) is 137 Å². The van der Waals surface area contributed by atoms with Crippen LogP contribution in [0, 0.1) is 0 Å². The van der Waals surface area contributed by atoms with Crippen molar-refractivity contribution in [2.24, 2.45) is 0 Å². The molecule has 0 aliphatic rings. The van der Waals surface area contributed by atoms with E-state index in [9.17, 15) is 5.11 Å². The van der Waals surface area contributed by atoms with E-state index >= 15 is 0 Å². The van der Waals surface area contributed by atoms with Crippen molar-refractivity contribution in [2.45, 2.75) is 39.0 Å². The maximum absolute atomic E-state index is 10.2. The van der Waals surface area contributed by atoms with Gasteiger partial charge in [0.05, 0.1) is 26.4 Å². The van der Waals surface area contributed by atoms with Crippen LogP contribution in [0.25, 0.3) is 0 Å². The zero-order chi connectivity index (χ0) is 33.0. The van der Waals surface area contributed by atoms with Crippen LogP contribution in [0.1, 0.15) is 35.1 Å². The van der Waals surface area contributed by atoms with Gasteiger partial charge in [-0.25, -0.2) is 0 Å². The number of nitrogens with zero attached hydrogens (tertiary/aromatic N) is 2. The van der Waals surface area contributed by atoms with Gasteiger partial charge in [-0.3, -0.25) is 9.80 Å². The maximum Gasteiger partial charge on any atom is 1.00 e. The van der Waals surface area contributed by atoms with Crippen molar-refractivity contribution < 1.29 is 70.7 Å². The van der Waals surface area contributed by atoms with Crippen molar-refractivity contribution in [1.82, 2.24) is 9.80 Å². The Bertz CT molecular complexity index is 1180. The molecule has 0 aromatic heterocycles. The zero-order valence-corrected chi connectivity index (χ0v) is 33.5. The Morgan fingerprint density at radius 3 is 1.08 bits per heavy atom.